The van der Waals surface area contributed by atoms with Crippen molar-refractivity contribution in [2.75, 3.05) is 0 Å². The summed E-state index contributed by atoms with van der Waals surface area (Å²) in [7, 11) is 0. The number of rotatable bonds is 5. The van der Waals surface area contributed by atoms with E-state index in [4.69, 9.17) is 5.11 Å². The largest absolute Gasteiger partial charge is 0.481 e. The highest BCUT2D eigenvalue weighted by Crippen LogP contribution is 2.03. The van der Waals surface area contributed by atoms with Crippen LogP contribution in [0.4, 0.5) is 0 Å². The number of carboxylic acids is 1. The smallest absolute Gasteiger partial charge is 0.303 e. The monoisotopic (exact) mass is 180 g/mol. The first-order valence-electron chi connectivity index (χ1n) is 4.24. The van der Waals surface area contributed by atoms with E-state index in [9.17, 15) is 4.79 Å². The van der Waals surface area contributed by atoms with Crippen molar-refractivity contribution in [3.05, 3.63) is 24.3 Å². The second kappa shape index (κ2) is 5.24. The average molecular weight is 180 g/mol. The molecule has 0 aliphatic rings. The van der Waals surface area contributed by atoms with Gasteiger partial charge in [-0.2, -0.15) is 0 Å². The summed E-state index contributed by atoms with van der Waals surface area (Å²) >= 11 is 0. The average Bonchev–Trinajstić information content (AvgIpc) is 2.14. The Labute approximate surface area is 76.7 Å². The van der Waals surface area contributed by atoms with Crippen LogP contribution in [-0.4, -0.2) is 21.0 Å². The number of aromatic nitrogens is 2. The Kier molecular flexibility index (Phi) is 3.88. The third-order valence-corrected chi connectivity index (χ3v) is 1.72. The van der Waals surface area contributed by atoms with E-state index in [-0.39, 0.29) is 6.42 Å². The molecular weight excluding hydrogens is 168 g/mol. The van der Waals surface area contributed by atoms with Gasteiger partial charge < -0.3 is 5.11 Å². The third-order valence-electron chi connectivity index (χ3n) is 1.72. The summed E-state index contributed by atoms with van der Waals surface area (Å²) < 4.78 is 0. The van der Waals surface area contributed by atoms with Crippen LogP contribution in [0.3, 0.4) is 0 Å². The molecule has 0 radical (unpaired) electrons. The van der Waals surface area contributed by atoms with Crippen LogP contribution >= 0.6 is 0 Å². The molecule has 1 rings (SSSR count). The molecule has 0 saturated carbocycles. The summed E-state index contributed by atoms with van der Waals surface area (Å²) in [5, 5.41) is 8.39. The van der Waals surface area contributed by atoms with Crippen molar-refractivity contribution in [2.45, 2.75) is 25.7 Å². The van der Waals surface area contributed by atoms with Crippen LogP contribution < -0.4 is 0 Å². The first kappa shape index (κ1) is 9.64. The predicted molar refractivity (Wildman–Crippen MR) is 47.2 cm³/mol. The van der Waals surface area contributed by atoms with Crippen LogP contribution in [0.5, 0.6) is 0 Å². The molecule has 0 amide bonds. The molecule has 0 spiro atoms. The fourth-order valence-electron chi connectivity index (χ4n) is 1.06. The van der Waals surface area contributed by atoms with Gasteiger partial charge in [0.1, 0.15) is 6.33 Å². The quantitative estimate of drug-likeness (QED) is 0.693. The lowest BCUT2D eigenvalue weighted by molar-refractivity contribution is -0.137. The maximum absolute atomic E-state index is 10.2. The maximum Gasteiger partial charge on any atom is 0.303 e. The topological polar surface area (TPSA) is 63.1 Å². The van der Waals surface area contributed by atoms with Crippen molar-refractivity contribution in [3.63, 3.8) is 0 Å². The lowest BCUT2D eigenvalue weighted by atomic mass is 10.1. The van der Waals surface area contributed by atoms with Crippen molar-refractivity contribution in [3.8, 4) is 0 Å². The molecule has 1 N–H and O–H groups in total. The van der Waals surface area contributed by atoms with Gasteiger partial charge in [0.25, 0.3) is 0 Å². The molecule has 0 aliphatic carbocycles. The molecule has 1 heterocycles. The van der Waals surface area contributed by atoms with Crippen LogP contribution in [0.15, 0.2) is 18.7 Å². The second-order valence-corrected chi connectivity index (χ2v) is 2.85. The summed E-state index contributed by atoms with van der Waals surface area (Å²) in [6.07, 6.45) is 7.69. The molecule has 0 aliphatic heterocycles. The van der Waals surface area contributed by atoms with Crippen LogP contribution in [0.25, 0.3) is 0 Å². The van der Waals surface area contributed by atoms with E-state index in [2.05, 4.69) is 9.97 Å². The Morgan fingerprint density at radius 1 is 1.31 bits per heavy atom. The van der Waals surface area contributed by atoms with E-state index < -0.39 is 5.97 Å². The molecule has 1 aromatic heterocycles. The summed E-state index contributed by atoms with van der Waals surface area (Å²) in [5.41, 5.74) is 1.06. The van der Waals surface area contributed by atoms with Crippen molar-refractivity contribution in [1.29, 1.82) is 0 Å². The molecule has 70 valence electrons. The minimum atomic E-state index is -0.732. The van der Waals surface area contributed by atoms with Crippen LogP contribution in [0, 0.1) is 0 Å². The van der Waals surface area contributed by atoms with Gasteiger partial charge in [-0.25, -0.2) is 9.97 Å². The van der Waals surface area contributed by atoms with Gasteiger partial charge in [0.05, 0.1) is 0 Å². The number of aryl methyl sites for hydroxylation is 1. The molecule has 13 heavy (non-hydrogen) atoms. The standard InChI is InChI=1S/C9H12N2O2/c12-9(13)4-2-1-3-8-5-10-7-11-6-8/h5-7H,1-4H2,(H,12,13). The van der Waals surface area contributed by atoms with E-state index in [1.165, 1.54) is 6.33 Å². The summed E-state index contributed by atoms with van der Waals surface area (Å²) in [5.74, 6) is -0.732. The van der Waals surface area contributed by atoms with E-state index in [1.54, 1.807) is 12.4 Å². The fraction of sp³-hybridized carbons (Fsp3) is 0.444. The number of hydrogen-bond donors (Lipinski definition) is 1. The zero-order chi connectivity index (χ0) is 9.52. The van der Waals surface area contributed by atoms with Gasteiger partial charge in [0.15, 0.2) is 0 Å². The third kappa shape index (κ3) is 4.20. The van der Waals surface area contributed by atoms with Gasteiger partial charge in [-0.3, -0.25) is 4.79 Å². The van der Waals surface area contributed by atoms with E-state index in [1.807, 2.05) is 0 Å². The van der Waals surface area contributed by atoms with Crippen LogP contribution in [0.2, 0.25) is 0 Å². The molecule has 0 saturated heterocycles. The Morgan fingerprint density at radius 2 is 2.00 bits per heavy atom. The van der Waals surface area contributed by atoms with Crippen molar-refractivity contribution < 1.29 is 9.90 Å². The first-order chi connectivity index (χ1) is 6.29. The van der Waals surface area contributed by atoms with Gasteiger partial charge in [-0.05, 0) is 24.8 Å². The highest BCUT2D eigenvalue weighted by atomic mass is 16.4. The molecule has 4 heteroatoms. The molecule has 4 nitrogen and oxygen atoms in total. The van der Waals surface area contributed by atoms with Gasteiger partial charge >= 0.3 is 5.97 Å². The number of unbranched alkanes of at least 4 members (excludes halogenated alkanes) is 1. The van der Waals surface area contributed by atoms with E-state index in [0.29, 0.717) is 6.42 Å². The summed E-state index contributed by atoms with van der Waals surface area (Å²) in [4.78, 5) is 17.9. The summed E-state index contributed by atoms with van der Waals surface area (Å²) in [6.45, 7) is 0. The van der Waals surface area contributed by atoms with Gasteiger partial charge in [-0.1, -0.05) is 0 Å². The predicted octanol–water partition coefficient (Wildman–Crippen LogP) is 1.27. The zero-order valence-corrected chi connectivity index (χ0v) is 7.31. The fourth-order valence-corrected chi connectivity index (χ4v) is 1.06. The van der Waals surface area contributed by atoms with Crippen molar-refractivity contribution in [1.82, 2.24) is 9.97 Å². The highest BCUT2D eigenvalue weighted by molar-refractivity contribution is 5.66. The minimum absolute atomic E-state index is 0.244. The molecule has 1 aromatic rings. The second-order valence-electron chi connectivity index (χ2n) is 2.85. The molecular formula is C9H12N2O2. The van der Waals surface area contributed by atoms with Crippen LogP contribution in [-0.2, 0) is 11.2 Å². The summed E-state index contributed by atoms with van der Waals surface area (Å²) in [6, 6.07) is 0. The molecule has 0 atom stereocenters. The maximum atomic E-state index is 10.2. The van der Waals surface area contributed by atoms with Crippen LogP contribution in [0.1, 0.15) is 24.8 Å². The molecule has 0 aromatic carbocycles. The van der Waals surface area contributed by atoms with Gasteiger partial charge in [-0.15, -0.1) is 0 Å². The molecule has 0 bridgehead atoms. The molecule has 0 fully saturated rings. The Balaban J connectivity index is 2.17. The Hall–Kier alpha value is -1.45. The Morgan fingerprint density at radius 3 is 2.62 bits per heavy atom. The van der Waals surface area contributed by atoms with E-state index >= 15 is 0 Å². The zero-order valence-electron chi connectivity index (χ0n) is 7.31. The molecule has 0 unspecified atom stereocenters. The number of aliphatic carboxylic acids is 1. The number of hydrogen-bond acceptors (Lipinski definition) is 3. The van der Waals surface area contributed by atoms with Crippen molar-refractivity contribution in [2.24, 2.45) is 0 Å². The lowest BCUT2D eigenvalue weighted by Gasteiger charge is -1.97. The normalized spacial score (nSPS) is 9.85. The number of nitrogens with zero attached hydrogens (tertiary/aromatic N) is 2. The van der Waals surface area contributed by atoms with E-state index in [0.717, 1.165) is 18.4 Å². The Bertz CT molecular complexity index is 262. The van der Waals surface area contributed by atoms with Gasteiger partial charge in [0.2, 0.25) is 0 Å². The van der Waals surface area contributed by atoms with Gasteiger partial charge in [0, 0.05) is 18.8 Å². The number of carbonyl (C=O) groups is 1. The SMILES string of the molecule is O=C(O)CCCCc1cncnc1. The first-order valence-corrected chi connectivity index (χ1v) is 4.24. The minimum Gasteiger partial charge on any atom is -0.481 e. The van der Waals surface area contributed by atoms with Crippen molar-refractivity contribution >= 4 is 5.97 Å². The lowest BCUT2D eigenvalue weighted by Crippen LogP contribution is -1.95. The highest BCUT2D eigenvalue weighted by Gasteiger charge is 1.97. The number of carboxylic acid groups (broad SMARTS) is 1.